The molecular formula is C14H21F2NO2S2. The highest BCUT2D eigenvalue weighted by molar-refractivity contribution is 8.00. The molecule has 0 aliphatic heterocycles. The van der Waals surface area contributed by atoms with E-state index >= 15 is 0 Å². The van der Waals surface area contributed by atoms with E-state index in [0.717, 1.165) is 12.8 Å². The summed E-state index contributed by atoms with van der Waals surface area (Å²) in [7, 11) is -4.60. The molecule has 0 bridgehead atoms. The molecule has 0 aliphatic rings. The Labute approximate surface area is 129 Å². The van der Waals surface area contributed by atoms with Crippen LogP contribution in [-0.2, 0) is 9.84 Å². The molecule has 1 aromatic carbocycles. The van der Waals surface area contributed by atoms with Crippen LogP contribution < -0.4 is 5.32 Å². The third-order valence-electron chi connectivity index (χ3n) is 3.75. The quantitative estimate of drug-likeness (QED) is 0.778. The fourth-order valence-corrected chi connectivity index (χ4v) is 3.77. The van der Waals surface area contributed by atoms with Crippen LogP contribution in [0.3, 0.4) is 0 Å². The van der Waals surface area contributed by atoms with E-state index in [-0.39, 0.29) is 15.3 Å². The Hall–Kier alpha value is -0.820. The van der Waals surface area contributed by atoms with Gasteiger partial charge in [0.1, 0.15) is 0 Å². The van der Waals surface area contributed by atoms with Crippen LogP contribution in [0.2, 0.25) is 0 Å². The molecule has 0 saturated heterocycles. The summed E-state index contributed by atoms with van der Waals surface area (Å²) in [5.74, 6) is -3.41. The topological polar surface area (TPSA) is 46.2 Å². The highest BCUT2D eigenvalue weighted by Crippen LogP contribution is 2.32. The third-order valence-corrected chi connectivity index (χ3v) is 6.78. The Kier molecular flexibility index (Phi) is 6.46. The summed E-state index contributed by atoms with van der Waals surface area (Å²) in [5.41, 5.74) is 0.234. The maximum atomic E-state index is 12.7. The summed E-state index contributed by atoms with van der Waals surface area (Å²) in [4.78, 5) is -0.345. The van der Waals surface area contributed by atoms with Gasteiger partial charge in [-0.1, -0.05) is 26.0 Å². The molecule has 0 aromatic heterocycles. The first-order chi connectivity index (χ1) is 9.83. The second-order valence-electron chi connectivity index (χ2n) is 4.75. The first kappa shape index (κ1) is 18.2. The number of para-hydroxylation sites is 1. The molecule has 1 rings (SSSR count). The van der Waals surface area contributed by atoms with Crippen molar-refractivity contribution < 1.29 is 17.2 Å². The van der Waals surface area contributed by atoms with Crippen molar-refractivity contribution in [3.8, 4) is 0 Å². The van der Waals surface area contributed by atoms with Gasteiger partial charge in [0.05, 0.1) is 10.6 Å². The minimum absolute atomic E-state index is 0.0400. The highest BCUT2D eigenvalue weighted by atomic mass is 32.2. The number of hydrogen-bond donors (Lipinski definition) is 1. The fraction of sp³-hybridized carbons (Fsp3) is 0.571. The number of nitrogens with one attached hydrogen (secondary N) is 1. The summed E-state index contributed by atoms with van der Waals surface area (Å²) in [6.07, 6.45) is 3.80. The van der Waals surface area contributed by atoms with E-state index in [9.17, 15) is 17.2 Å². The molecule has 120 valence electrons. The number of sulfone groups is 1. The maximum absolute atomic E-state index is 12.7. The molecule has 0 amide bonds. The van der Waals surface area contributed by atoms with Gasteiger partial charge in [0.25, 0.3) is 0 Å². The number of rotatable bonds is 8. The summed E-state index contributed by atoms with van der Waals surface area (Å²) in [5, 5.41) is 3.03. The number of hydrogen-bond acceptors (Lipinski definition) is 4. The lowest BCUT2D eigenvalue weighted by Gasteiger charge is -2.30. The molecule has 0 heterocycles. The largest absolute Gasteiger partial charge is 0.383 e. The fourth-order valence-electron chi connectivity index (χ4n) is 2.07. The second-order valence-corrected chi connectivity index (χ2v) is 7.91. The van der Waals surface area contributed by atoms with Crippen molar-refractivity contribution in [2.45, 2.75) is 42.1 Å². The molecule has 0 unspecified atom stereocenters. The van der Waals surface area contributed by atoms with E-state index < -0.39 is 15.6 Å². The molecule has 1 N–H and O–H groups in total. The van der Waals surface area contributed by atoms with Gasteiger partial charge in [0, 0.05) is 11.3 Å². The van der Waals surface area contributed by atoms with Crippen molar-refractivity contribution in [2.75, 3.05) is 18.1 Å². The van der Waals surface area contributed by atoms with E-state index in [1.54, 1.807) is 17.8 Å². The minimum Gasteiger partial charge on any atom is -0.383 e. The monoisotopic (exact) mass is 337 g/mol. The smallest absolute Gasteiger partial charge is 0.341 e. The Morgan fingerprint density at radius 1 is 1.24 bits per heavy atom. The van der Waals surface area contributed by atoms with Gasteiger partial charge in [-0.2, -0.15) is 20.5 Å². The third kappa shape index (κ3) is 4.10. The van der Waals surface area contributed by atoms with Crippen molar-refractivity contribution in [1.29, 1.82) is 0 Å². The Morgan fingerprint density at radius 3 is 2.29 bits per heavy atom. The molecular weight excluding hydrogens is 316 g/mol. The standard InChI is InChI=1S/C14H21F2NO2S2/c1-4-14(5-2,20-3)10-17-11-8-6-7-9-12(11)21(18,19)13(15)16/h6-9,13,17H,4-5,10H2,1-3H3. The lowest BCUT2D eigenvalue weighted by molar-refractivity contribution is 0.235. The number of benzene rings is 1. The van der Waals surface area contributed by atoms with Crippen molar-refractivity contribution >= 4 is 27.3 Å². The average Bonchev–Trinajstić information content (AvgIpc) is 2.49. The Bertz CT molecular complexity index is 550. The van der Waals surface area contributed by atoms with Gasteiger partial charge in [-0.05, 0) is 31.2 Å². The first-order valence-electron chi connectivity index (χ1n) is 6.73. The SMILES string of the molecule is CCC(CC)(CNc1ccccc1S(=O)(=O)C(F)F)SC. The average molecular weight is 337 g/mol. The van der Waals surface area contributed by atoms with Crippen molar-refractivity contribution in [3.05, 3.63) is 24.3 Å². The Balaban J connectivity index is 3.06. The summed E-state index contributed by atoms with van der Waals surface area (Å²) in [6, 6.07) is 5.81. The number of alkyl halides is 2. The first-order valence-corrected chi connectivity index (χ1v) is 9.50. The zero-order valence-electron chi connectivity index (χ0n) is 12.4. The molecule has 0 fully saturated rings. The van der Waals surface area contributed by atoms with Gasteiger partial charge < -0.3 is 5.32 Å². The van der Waals surface area contributed by atoms with Gasteiger partial charge in [-0.25, -0.2) is 8.42 Å². The van der Waals surface area contributed by atoms with Crippen LogP contribution in [0.15, 0.2) is 29.2 Å². The van der Waals surface area contributed by atoms with Gasteiger partial charge in [-0.3, -0.25) is 0 Å². The van der Waals surface area contributed by atoms with Crippen LogP contribution in [0.1, 0.15) is 26.7 Å². The zero-order chi connectivity index (χ0) is 16.1. The van der Waals surface area contributed by atoms with Crippen LogP contribution in [0.4, 0.5) is 14.5 Å². The van der Waals surface area contributed by atoms with Crippen LogP contribution >= 0.6 is 11.8 Å². The number of anilines is 1. The second kappa shape index (κ2) is 7.45. The molecule has 0 spiro atoms. The van der Waals surface area contributed by atoms with Crippen LogP contribution in [0.5, 0.6) is 0 Å². The zero-order valence-corrected chi connectivity index (χ0v) is 14.0. The molecule has 7 heteroatoms. The van der Waals surface area contributed by atoms with Crippen molar-refractivity contribution in [3.63, 3.8) is 0 Å². The van der Waals surface area contributed by atoms with E-state index in [4.69, 9.17) is 0 Å². The van der Waals surface area contributed by atoms with E-state index in [1.807, 2.05) is 6.26 Å². The van der Waals surface area contributed by atoms with Crippen LogP contribution in [0.25, 0.3) is 0 Å². The minimum atomic E-state index is -4.60. The van der Waals surface area contributed by atoms with E-state index in [1.165, 1.54) is 18.2 Å². The number of thioether (sulfide) groups is 1. The highest BCUT2D eigenvalue weighted by Gasteiger charge is 2.30. The molecule has 0 saturated carbocycles. The molecule has 1 aromatic rings. The van der Waals surface area contributed by atoms with E-state index in [2.05, 4.69) is 19.2 Å². The molecule has 21 heavy (non-hydrogen) atoms. The normalized spacial score (nSPS) is 12.7. The van der Waals surface area contributed by atoms with Gasteiger partial charge in [-0.15, -0.1) is 0 Å². The van der Waals surface area contributed by atoms with Gasteiger partial charge in [0.15, 0.2) is 0 Å². The van der Waals surface area contributed by atoms with Crippen LogP contribution in [-0.4, -0.2) is 31.7 Å². The predicted octanol–water partition coefficient (Wildman–Crippen LogP) is 4.02. The summed E-state index contributed by atoms with van der Waals surface area (Å²) in [6.45, 7) is 4.64. The number of halogens is 2. The molecule has 0 radical (unpaired) electrons. The van der Waals surface area contributed by atoms with Crippen LogP contribution in [0, 0.1) is 0 Å². The van der Waals surface area contributed by atoms with Gasteiger partial charge in [0.2, 0.25) is 9.84 Å². The molecule has 3 nitrogen and oxygen atoms in total. The lowest BCUT2D eigenvalue weighted by atomic mass is 10.0. The predicted molar refractivity (Wildman–Crippen MR) is 84.9 cm³/mol. The maximum Gasteiger partial charge on any atom is 0.341 e. The van der Waals surface area contributed by atoms with Crippen molar-refractivity contribution in [1.82, 2.24) is 0 Å². The lowest BCUT2D eigenvalue weighted by Crippen LogP contribution is -2.32. The Morgan fingerprint density at radius 2 is 1.81 bits per heavy atom. The molecule has 0 aliphatic carbocycles. The van der Waals surface area contributed by atoms with Gasteiger partial charge >= 0.3 is 5.76 Å². The van der Waals surface area contributed by atoms with Crippen molar-refractivity contribution in [2.24, 2.45) is 0 Å². The summed E-state index contributed by atoms with van der Waals surface area (Å²) < 4.78 is 48.8. The molecule has 0 atom stereocenters. The van der Waals surface area contributed by atoms with E-state index in [0.29, 0.717) is 6.54 Å². The summed E-state index contributed by atoms with van der Waals surface area (Å²) >= 11 is 1.70.